The van der Waals surface area contributed by atoms with E-state index in [2.05, 4.69) is 9.55 Å². The van der Waals surface area contributed by atoms with Crippen LogP contribution in [0, 0.1) is 5.92 Å². The maximum absolute atomic E-state index is 11.2. The number of methoxy groups -OCH3 is 1. The number of carboxylic acid groups (broad SMARTS) is 1. The Morgan fingerprint density at radius 1 is 1.48 bits per heavy atom. The summed E-state index contributed by atoms with van der Waals surface area (Å²) in [6, 6.07) is 7.84. The smallest absolute Gasteiger partial charge is 0.308 e. The van der Waals surface area contributed by atoms with E-state index in [1.165, 1.54) is 0 Å². The van der Waals surface area contributed by atoms with Gasteiger partial charge in [0.15, 0.2) is 0 Å². The zero-order chi connectivity index (χ0) is 14.8. The van der Waals surface area contributed by atoms with Gasteiger partial charge in [-0.25, -0.2) is 4.98 Å². The number of hydrogen-bond donors (Lipinski definition) is 1. The number of aliphatic carboxylic acids is 1. The molecule has 21 heavy (non-hydrogen) atoms. The molecule has 5 heteroatoms. The van der Waals surface area contributed by atoms with E-state index in [1.807, 2.05) is 30.5 Å². The lowest BCUT2D eigenvalue weighted by Crippen LogP contribution is -2.27. The zero-order valence-electron chi connectivity index (χ0n) is 12.0. The molecule has 1 aliphatic rings. The van der Waals surface area contributed by atoms with Crippen molar-refractivity contribution in [2.24, 2.45) is 5.92 Å². The zero-order valence-corrected chi connectivity index (χ0v) is 12.0. The summed E-state index contributed by atoms with van der Waals surface area (Å²) >= 11 is 0. The van der Waals surface area contributed by atoms with Crippen molar-refractivity contribution in [3.8, 4) is 5.75 Å². The van der Waals surface area contributed by atoms with Gasteiger partial charge in [-0.1, -0.05) is 18.2 Å². The fourth-order valence-electron chi connectivity index (χ4n) is 2.87. The number of aromatic nitrogens is 2. The van der Waals surface area contributed by atoms with Gasteiger partial charge in [-0.05, 0) is 18.9 Å². The van der Waals surface area contributed by atoms with Crippen molar-refractivity contribution < 1.29 is 14.6 Å². The summed E-state index contributed by atoms with van der Waals surface area (Å²) in [5.41, 5.74) is 2.18. The number of ether oxygens (including phenoxy) is 1. The van der Waals surface area contributed by atoms with Crippen molar-refractivity contribution in [3.63, 3.8) is 0 Å². The van der Waals surface area contributed by atoms with Crippen LogP contribution in [0.3, 0.4) is 0 Å². The molecule has 0 saturated heterocycles. The number of benzene rings is 1. The number of aryl methyl sites for hydroxylation is 1. The van der Waals surface area contributed by atoms with Crippen molar-refractivity contribution in [3.05, 3.63) is 47.5 Å². The van der Waals surface area contributed by atoms with Gasteiger partial charge in [0.25, 0.3) is 0 Å². The minimum Gasteiger partial charge on any atom is -0.496 e. The SMILES string of the molecule is COc1ccccc1Cc1ncc2n1CC(C(=O)O)CC2. The van der Waals surface area contributed by atoms with E-state index in [0.717, 1.165) is 29.3 Å². The van der Waals surface area contributed by atoms with Gasteiger partial charge in [0.05, 0.1) is 13.0 Å². The Hall–Kier alpha value is -2.30. The number of nitrogens with zero attached hydrogens (tertiary/aromatic N) is 2. The maximum Gasteiger partial charge on any atom is 0.308 e. The minimum atomic E-state index is -0.724. The van der Waals surface area contributed by atoms with Crippen LogP contribution in [0.4, 0.5) is 0 Å². The van der Waals surface area contributed by atoms with Crippen LogP contribution < -0.4 is 4.74 Å². The first-order valence-corrected chi connectivity index (χ1v) is 7.07. The average molecular weight is 286 g/mol. The third-order valence-electron chi connectivity index (χ3n) is 4.06. The Kier molecular flexibility index (Phi) is 3.64. The average Bonchev–Trinajstić information content (AvgIpc) is 2.90. The van der Waals surface area contributed by atoms with Crippen LogP contribution in [0.1, 0.15) is 23.5 Å². The summed E-state index contributed by atoms with van der Waals surface area (Å²) in [6.45, 7) is 0.509. The molecule has 0 aliphatic carbocycles. The lowest BCUT2D eigenvalue weighted by Gasteiger charge is -2.22. The number of para-hydroxylation sites is 1. The third-order valence-corrected chi connectivity index (χ3v) is 4.06. The number of hydrogen-bond acceptors (Lipinski definition) is 3. The highest BCUT2D eigenvalue weighted by atomic mass is 16.5. The van der Waals surface area contributed by atoms with Gasteiger partial charge >= 0.3 is 5.97 Å². The Balaban J connectivity index is 1.88. The van der Waals surface area contributed by atoms with Gasteiger partial charge in [-0.3, -0.25) is 4.79 Å². The molecule has 0 spiro atoms. The summed E-state index contributed by atoms with van der Waals surface area (Å²) in [5, 5.41) is 9.21. The van der Waals surface area contributed by atoms with Crippen molar-refractivity contribution in [2.75, 3.05) is 7.11 Å². The second-order valence-corrected chi connectivity index (χ2v) is 5.34. The molecule has 2 heterocycles. The minimum absolute atomic E-state index is 0.317. The quantitative estimate of drug-likeness (QED) is 0.935. The Morgan fingerprint density at radius 3 is 3.05 bits per heavy atom. The summed E-state index contributed by atoms with van der Waals surface area (Å²) in [5.74, 6) is 0.696. The summed E-state index contributed by atoms with van der Waals surface area (Å²) in [7, 11) is 1.65. The molecule has 0 radical (unpaired) electrons. The summed E-state index contributed by atoms with van der Waals surface area (Å²) in [6.07, 6.45) is 3.98. The molecular weight excluding hydrogens is 268 g/mol. The molecule has 1 aromatic carbocycles. The highest BCUT2D eigenvalue weighted by Crippen LogP contribution is 2.25. The lowest BCUT2D eigenvalue weighted by molar-refractivity contribution is -0.142. The first-order valence-electron chi connectivity index (χ1n) is 7.07. The molecule has 5 nitrogen and oxygen atoms in total. The van der Waals surface area contributed by atoms with Crippen LogP contribution in [-0.2, 0) is 24.2 Å². The highest BCUT2D eigenvalue weighted by molar-refractivity contribution is 5.70. The Bertz CT molecular complexity index is 663. The van der Waals surface area contributed by atoms with E-state index in [-0.39, 0.29) is 5.92 Å². The molecule has 0 saturated carbocycles. The monoisotopic (exact) mass is 286 g/mol. The van der Waals surface area contributed by atoms with Crippen molar-refractivity contribution in [1.29, 1.82) is 0 Å². The fraction of sp³-hybridized carbons (Fsp3) is 0.375. The van der Waals surface area contributed by atoms with Crippen molar-refractivity contribution in [2.45, 2.75) is 25.8 Å². The topological polar surface area (TPSA) is 64.4 Å². The number of imidazole rings is 1. The molecular formula is C16H18N2O3. The van der Waals surface area contributed by atoms with Gasteiger partial charge in [0.2, 0.25) is 0 Å². The van der Waals surface area contributed by atoms with Crippen LogP contribution in [0.5, 0.6) is 5.75 Å². The van der Waals surface area contributed by atoms with Crippen molar-refractivity contribution in [1.82, 2.24) is 9.55 Å². The second kappa shape index (κ2) is 5.60. The van der Waals surface area contributed by atoms with Crippen LogP contribution in [0.2, 0.25) is 0 Å². The van der Waals surface area contributed by atoms with Crippen molar-refractivity contribution >= 4 is 5.97 Å². The third kappa shape index (κ3) is 2.63. The van der Waals surface area contributed by atoms with Crippen LogP contribution in [0.15, 0.2) is 30.5 Å². The molecule has 1 aliphatic heterocycles. The molecule has 1 aromatic heterocycles. The number of carbonyl (C=O) groups is 1. The number of fused-ring (bicyclic) bond motifs is 1. The Morgan fingerprint density at radius 2 is 2.29 bits per heavy atom. The second-order valence-electron chi connectivity index (χ2n) is 5.34. The molecule has 0 fully saturated rings. The van der Waals surface area contributed by atoms with Crippen LogP contribution in [0.25, 0.3) is 0 Å². The molecule has 3 rings (SSSR count). The number of rotatable bonds is 4. The largest absolute Gasteiger partial charge is 0.496 e. The summed E-state index contributed by atoms with van der Waals surface area (Å²) < 4.78 is 7.42. The van der Waals surface area contributed by atoms with Gasteiger partial charge in [-0.15, -0.1) is 0 Å². The van der Waals surface area contributed by atoms with E-state index >= 15 is 0 Å². The number of carboxylic acids is 1. The molecule has 1 atom stereocenters. The van der Waals surface area contributed by atoms with Gasteiger partial charge in [0.1, 0.15) is 11.6 Å². The first kappa shape index (κ1) is 13.7. The standard InChI is InChI=1S/C16H18N2O3/c1-21-14-5-3-2-4-11(14)8-15-17-9-13-7-6-12(16(19)20)10-18(13)15/h2-5,9,12H,6-8,10H2,1H3,(H,19,20). The maximum atomic E-state index is 11.2. The van der Waals surface area contributed by atoms with Crippen LogP contribution >= 0.6 is 0 Å². The van der Waals surface area contributed by atoms with Gasteiger partial charge in [0, 0.05) is 30.4 Å². The lowest BCUT2D eigenvalue weighted by atomic mass is 9.98. The van der Waals surface area contributed by atoms with Crippen LogP contribution in [-0.4, -0.2) is 27.7 Å². The molecule has 0 amide bonds. The molecule has 1 N–H and O–H groups in total. The normalized spacial score (nSPS) is 17.3. The fourth-order valence-corrected chi connectivity index (χ4v) is 2.87. The predicted octanol–water partition coefficient (Wildman–Crippen LogP) is 2.13. The van der Waals surface area contributed by atoms with E-state index in [9.17, 15) is 9.90 Å². The first-order chi connectivity index (χ1) is 10.2. The van der Waals surface area contributed by atoms with E-state index in [1.54, 1.807) is 7.11 Å². The predicted molar refractivity (Wildman–Crippen MR) is 77.5 cm³/mol. The van der Waals surface area contributed by atoms with Gasteiger partial charge in [-0.2, -0.15) is 0 Å². The van der Waals surface area contributed by atoms with E-state index < -0.39 is 5.97 Å². The summed E-state index contributed by atoms with van der Waals surface area (Å²) in [4.78, 5) is 15.7. The molecule has 2 aromatic rings. The molecule has 0 bridgehead atoms. The Labute approximate surface area is 123 Å². The van der Waals surface area contributed by atoms with E-state index in [0.29, 0.717) is 19.4 Å². The highest BCUT2D eigenvalue weighted by Gasteiger charge is 2.26. The van der Waals surface area contributed by atoms with E-state index in [4.69, 9.17) is 4.74 Å². The molecule has 1 unspecified atom stereocenters. The van der Waals surface area contributed by atoms with Gasteiger partial charge < -0.3 is 14.4 Å². The molecule has 110 valence electrons.